The van der Waals surface area contributed by atoms with E-state index in [4.69, 9.17) is 0 Å². The van der Waals surface area contributed by atoms with E-state index in [1.165, 1.54) is 77.2 Å². The summed E-state index contributed by atoms with van der Waals surface area (Å²) in [5.41, 5.74) is 4.70. The van der Waals surface area contributed by atoms with Gasteiger partial charge in [0.05, 0.1) is 4.88 Å². The van der Waals surface area contributed by atoms with E-state index >= 15 is 0 Å². The summed E-state index contributed by atoms with van der Waals surface area (Å²) < 4.78 is 2.37. The third-order valence-electron chi connectivity index (χ3n) is 6.81. The summed E-state index contributed by atoms with van der Waals surface area (Å²) in [6.45, 7) is 3.12. The van der Waals surface area contributed by atoms with Crippen LogP contribution < -0.4 is 0 Å². The minimum Gasteiger partial charge on any atom is -0.341 e. The third-order valence-corrected chi connectivity index (χ3v) is 7.67. The molecule has 0 atom stereocenters. The van der Waals surface area contributed by atoms with E-state index in [-0.39, 0.29) is 5.78 Å². The standard InChI is InChI=1S/C27H29NOS/c1-2-28-24-14-12-20(10-5-9-19-7-3-4-8-19)17-22(24)23-18-21(13-15-25(23)28)27(29)26-11-6-16-30-26/h6,11-19H,2-5,7-10H2,1H3. The Balaban J connectivity index is 1.49. The average Bonchev–Trinajstić information content (AvgIpc) is 3.53. The first kappa shape index (κ1) is 19.6. The van der Waals surface area contributed by atoms with Gasteiger partial charge in [-0.25, -0.2) is 0 Å². The summed E-state index contributed by atoms with van der Waals surface area (Å²) in [7, 11) is 0. The SMILES string of the molecule is CCn1c2ccc(CCCC3CCCC3)cc2c2cc(C(=O)c3cccs3)ccc21. The van der Waals surface area contributed by atoms with Gasteiger partial charge in [-0.05, 0) is 73.0 Å². The molecule has 3 heteroatoms. The molecule has 1 fully saturated rings. The molecule has 0 radical (unpaired) electrons. The van der Waals surface area contributed by atoms with Gasteiger partial charge < -0.3 is 4.57 Å². The van der Waals surface area contributed by atoms with Crippen molar-refractivity contribution in [2.45, 2.75) is 58.4 Å². The highest BCUT2D eigenvalue weighted by Gasteiger charge is 2.16. The Morgan fingerprint density at radius 2 is 1.80 bits per heavy atom. The van der Waals surface area contributed by atoms with Crippen molar-refractivity contribution < 1.29 is 4.79 Å². The number of benzene rings is 2. The van der Waals surface area contributed by atoms with Gasteiger partial charge in [0.1, 0.15) is 0 Å². The van der Waals surface area contributed by atoms with Gasteiger partial charge >= 0.3 is 0 Å². The number of hydrogen-bond donors (Lipinski definition) is 0. The van der Waals surface area contributed by atoms with Crippen LogP contribution in [-0.4, -0.2) is 10.4 Å². The largest absolute Gasteiger partial charge is 0.341 e. The Labute approximate surface area is 182 Å². The van der Waals surface area contributed by atoms with E-state index < -0.39 is 0 Å². The van der Waals surface area contributed by atoms with Gasteiger partial charge in [0.15, 0.2) is 0 Å². The Kier molecular flexibility index (Phi) is 5.47. The summed E-state index contributed by atoms with van der Waals surface area (Å²) in [6, 6.07) is 17.0. The van der Waals surface area contributed by atoms with Crippen LogP contribution in [0.2, 0.25) is 0 Å². The van der Waals surface area contributed by atoms with Crippen molar-refractivity contribution in [3.05, 3.63) is 69.9 Å². The average molecular weight is 416 g/mol. The van der Waals surface area contributed by atoms with Crippen LogP contribution in [0.4, 0.5) is 0 Å². The van der Waals surface area contributed by atoms with Crippen LogP contribution in [0, 0.1) is 5.92 Å². The molecule has 0 bridgehead atoms. The zero-order valence-electron chi connectivity index (χ0n) is 17.7. The van der Waals surface area contributed by atoms with Gasteiger partial charge in [-0.1, -0.05) is 44.2 Å². The van der Waals surface area contributed by atoms with Crippen molar-refractivity contribution in [2.24, 2.45) is 5.92 Å². The van der Waals surface area contributed by atoms with E-state index in [9.17, 15) is 4.79 Å². The zero-order valence-corrected chi connectivity index (χ0v) is 18.5. The molecular formula is C27H29NOS. The smallest absolute Gasteiger partial charge is 0.202 e. The van der Waals surface area contributed by atoms with Crippen molar-refractivity contribution in [3.63, 3.8) is 0 Å². The van der Waals surface area contributed by atoms with Gasteiger partial charge in [0.2, 0.25) is 5.78 Å². The minimum atomic E-state index is 0.122. The molecule has 30 heavy (non-hydrogen) atoms. The molecule has 0 unspecified atom stereocenters. The first-order valence-electron chi connectivity index (χ1n) is 11.4. The maximum Gasteiger partial charge on any atom is 0.202 e. The summed E-state index contributed by atoms with van der Waals surface area (Å²) in [5, 5.41) is 4.45. The molecule has 0 saturated heterocycles. The Hall–Kier alpha value is -2.39. The Bertz CT molecular complexity index is 1180. The van der Waals surface area contributed by atoms with Crippen LogP contribution in [0.25, 0.3) is 21.8 Å². The molecule has 154 valence electrons. The van der Waals surface area contributed by atoms with Crippen LogP contribution in [0.1, 0.15) is 66.2 Å². The number of hydrogen-bond acceptors (Lipinski definition) is 2. The Morgan fingerprint density at radius 1 is 1.03 bits per heavy atom. The summed E-state index contributed by atoms with van der Waals surface area (Å²) >= 11 is 1.51. The van der Waals surface area contributed by atoms with Gasteiger partial charge in [-0.3, -0.25) is 4.79 Å². The fourth-order valence-electron chi connectivity index (χ4n) is 5.23. The van der Waals surface area contributed by atoms with Crippen LogP contribution in [0.5, 0.6) is 0 Å². The quantitative estimate of drug-likeness (QED) is 0.285. The van der Waals surface area contributed by atoms with Crippen molar-refractivity contribution in [2.75, 3.05) is 0 Å². The van der Waals surface area contributed by atoms with Gasteiger partial charge in [0.25, 0.3) is 0 Å². The fourth-order valence-corrected chi connectivity index (χ4v) is 5.92. The van der Waals surface area contributed by atoms with Crippen LogP contribution in [0.15, 0.2) is 53.9 Å². The molecule has 2 aromatic carbocycles. The number of carbonyl (C=O) groups is 1. The number of rotatable bonds is 7. The molecule has 1 aliphatic carbocycles. The molecule has 4 aromatic rings. The van der Waals surface area contributed by atoms with Gasteiger partial charge in [0, 0.05) is 33.9 Å². The predicted molar refractivity (Wildman–Crippen MR) is 128 cm³/mol. The number of aromatic nitrogens is 1. The maximum absolute atomic E-state index is 12.9. The zero-order chi connectivity index (χ0) is 20.5. The van der Waals surface area contributed by atoms with Crippen molar-refractivity contribution in [3.8, 4) is 0 Å². The third kappa shape index (κ3) is 3.60. The van der Waals surface area contributed by atoms with Gasteiger partial charge in [-0.2, -0.15) is 0 Å². The number of thiophene rings is 1. The van der Waals surface area contributed by atoms with Crippen LogP contribution in [-0.2, 0) is 13.0 Å². The van der Waals surface area contributed by atoms with Gasteiger partial charge in [-0.15, -0.1) is 11.3 Å². The first-order valence-corrected chi connectivity index (χ1v) is 12.3. The first-order chi connectivity index (χ1) is 14.7. The summed E-state index contributed by atoms with van der Waals surface area (Å²) in [5.74, 6) is 1.08. The Morgan fingerprint density at radius 3 is 2.53 bits per heavy atom. The molecule has 0 amide bonds. The van der Waals surface area contributed by atoms with Crippen LogP contribution in [0.3, 0.4) is 0 Å². The van der Waals surface area contributed by atoms with E-state index in [1.807, 2.05) is 23.6 Å². The lowest BCUT2D eigenvalue weighted by molar-refractivity contribution is 0.104. The molecule has 1 saturated carbocycles. The number of nitrogens with zero attached hydrogens (tertiary/aromatic N) is 1. The van der Waals surface area contributed by atoms with Crippen LogP contribution >= 0.6 is 11.3 Å². The van der Waals surface area contributed by atoms with E-state index in [0.717, 1.165) is 29.3 Å². The highest BCUT2D eigenvalue weighted by Crippen LogP contribution is 2.33. The lowest BCUT2D eigenvalue weighted by Gasteiger charge is -2.08. The summed E-state index contributed by atoms with van der Waals surface area (Å²) in [4.78, 5) is 13.7. The van der Waals surface area contributed by atoms with E-state index in [0.29, 0.717) is 0 Å². The second kappa shape index (κ2) is 8.39. The molecule has 2 nitrogen and oxygen atoms in total. The number of carbonyl (C=O) groups excluding carboxylic acids is 1. The maximum atomic E-state index is 12.9. The van der Waals surface area contributed by atoms with E-state index in [1.54, 1.807) is 0 Å². The topological polar surface area (TPSA) is 22.0 Å². The molecule has 1 aliphatic rings. The predicted octanol–water partition coefficient (Wildman–Crippen LogP) is 7.62. The second-order valence-corrected chi connectivity index (χ2v) is 9.62. The van der Waals surface area contributed by atoms with Crippen molar-refractivity contribution in [1.29, 1.82) is 0 Å². The lowest BCUT2D eigenvalue weighted by atomic mass is 9.97. The van der Waals surface area contributed by atoms with E-state index in [2.05, 4.69) is 41.8 Å². The second-order valence-electron chi connectivity index (χ2n) is 8.68. The summed E-state index contributed by atoms with van der Waals surface area (Å²) in [6.07, 6.45) is 9.53. The number of fused-ring (bicyclic) bond motifs is 3. The molecule has 0 spiro atoms. The highest BCUT2D eigenvalue weighted by molar-refractivity contribution is 7.12. The number of aryl methyl sites for hydroxylation is 2. The van der Waals surface area contributed by atoms with Crippen molar-refractivity contribution >= 4 is 38.9 Å². The molecule has 0 N–H and O–H groups in total. The normalized spacial score (nSPS) is 14.8. The minimum absolute atomic E-state index is 0.122. The fraction of sp³-hybridized carbons (Fsp3) is 0.370. The lowest BCUT2D eigenvalue weighted by Crippen LogP contribution is -1.98. The molecule has 2 heterocycles. The van der Waals surface area contributed by atoms with Crippen molar-refractivity contribution in [1.82, 2.24) is 4.57 Å². The molecular weight excluding hydrogens is 386 g/mol. The molecule has 0 aliphatic heterocycles. The molecule has 2 aromatic heterocycles. The highest BCUT2D eigenvalue weighted by atomic mass is 32.1. The number of ketones is 1. The molecule has 5 rings (SSSR count). The monoisotopic (exact) mass is 415 g/mol.